The van der Waals surface area contributed by atoms with Gasteiger partial charge in [-0.15, -0.1) is 0 Å². The summed E-state index contributed by atoms with van der Waals surface area (Å²) in [5, 5.41) is 0.560. The molecule has 1 aliphatic heterocycles. The smallest absolute Gasteiger partial charge is 0.264 e. The molecule has 0 saturated carbocycles. The minimum Gasteiger partial charge on any atom is -0.497 e. The summed E-state index contributed by atoms with van der Waals surface area (Å²) in [5.74, 6) is 0.457. The fourth-order valence-corrected chi connectivity index (χ4v) is 6.43. The summed E-state index contributed by atoms with van der Waals surface area (Å²) in [5.41, 5.74) is 1.70. The summed E-state index contributed by atoms with van der Waals surface area (Å²) >= 11 is 1.41. The standard InChI is InChI=1S/C27H27N3O5S2/c1-29(20-7-4-3-5-8-20)37(32,33)23-13-10-19(11-14-23)26(31)30(18-22-9-6-16-35-22)27-28-24-15-12-21(34-2)17-25(24)36-27/h3-5,7-8,10-15,17,22H,6,9,16,18H2,1-2H3. The molecule has 2 heterocycles. The Kier molecular flexibility index (Phi) is 7.14. The van der Waals surface area contributed by atoms with Gasteiger partial charge in [-0.1, -0.05) is 29.5 Å². The molecule has 0 bridgehead atoms. The molecule has 0 radical (unpaired) electrons. The number of methoxy groups -OCH3 is 1. The maximum Gasteiger partial charge on any atom is 0.264 e. The van der Waals surface area contributed by atoms with Crippen LogP contribution in [0.25, 0.3) is 10.2 Å². The summed E-state index contributed by atoms with van der Waals surface area (Å²) in [6.07, 6.45) is 1.74. The Hall–Kier alpha value is -3.47. The van der Waals surface area contributed by atoms with Crippen LogP contribution in [0.5, 0.6) is 5.75 Å². The number of sulfonamides is 1. The van der Waals surface area contributed by atoms with Crippen LogP contribution >= 0.6 is 11.3 Å². The van der Waals surface area contributed by atoms with Crippen molar-refractivity contribution >= 4 is 48.3 Å². The fourth-order valence-electron chi connectivity index (χ4n) is 4.24. The molecule has 1 aliphatic rings. The van der Waals surface area contributed by atoms with Gasteiger partial charge in [0.2, 0.25) is 0 Å². The molecule has 0 spiro atoms. The van der Waals surface area contributed by atoms with Gasteiger partial charge in [0.15, 0.2) is 5.13 Å². The molecule has 1 atom stereocenters. The van der Waals surface area contributed by atoms with Crippen LogP contribution in [-0.2, 0) is 14.8 Å². The highest BCUT2D eigenvalue weighted by Gasteiger charge is 2.28. The molecule has 4 aromatic rings. The van der Waals surface area contributed by atoms with Crippen molar-refractivity contribution in [3.63, 3.8) is 0 Å². The van der Waals surface area contributed by atoms with Gasteiger partial charge in [0, 0.05) is 19.2 Å². The van der Waals surface area contributed by atoms with E-state index in [1.165, 1.54) is 34.8 Å². The molecule has 10 heteroatoms. The molecule has 37 heavy (non-hydrogen) atoms. The number of hydrogen-bond acceptors (Lipinski definition) is 7. The van der Waals surface area contributed by atoms with Crippen LogP contribution in [0.1, 0.15) is 23.2 Å². The number of amides is 1. The number of aromatic nitrogens is 1. The van der Waals surface area contributed by atoms with Gasteiger partial charge in [0.25, 0.3) is 15.9 Å². The van der Waals surface area contributed by atoms with Crippen molar-refractivity contribution in [2.45, 2.75) is 23.8 Å². The van der Waals surface area contributed by atoms with E-state index in [1.807, 2.05) is 24.3 Å². The Labute approximate surface area is 220 Å². The van der Waals surface area contributed by atoms with E-state index in [9.17, 15) is 13.2 Å². The minimum absolute atomic E-state index is 0.0790. The minimum atomic E-state index is -3.78. The number of rotatable bonds is 8. The zero-order valence-electron chi connectivity index (χ0n) is 20.5. The van der Waals surface area contributed by atoms with Gasteiger partial charge in [0.05, 0.1) is 40.6 Å². The Morgan fingerprint density at radius 2 is 1.86 bits per heavy atom. The Balaban J connectivity index is 1.44. The third-order valence-electron chi connectivity index (χ3n) is 6.35. The summed E-state index contributed by atoms with van der Waals surface area (Å²) < 4.78 is 39.6. The van der Waals surface area contributed by atoms with Crippen molar-refractivity contribution in [2.24, 2.45) is 0 Å². The Morgan fingerprint density at radius 1 is 1.11 bits per heavy atom. The van der Waals surface area contributed by atoms with Crippen molar-refractivity contribution in [1.82, 2.24) is 4.98 Å². The van der Waals surface area contributed by atoms with Crippen LogP contribution in [0.2, 0.25) is 0 Å². The Bertz CT molecular complexity index is 1500. The average Bonchev–Trinajstić information content (AvgIpc) is 3.60. The molecule has 1 aromatic heterocycles. The van der Waals surface area contributed by atoms with Crippen molar-refractivity contribution in [1.29, 1.82) is 0 Å². The highest BCUT2D eigenvalue weighted by atomic mass is 32.2. The summed E-state index contributed by atoms with van der Waals surface area (Å²) in [6.45, 7) is 1.04. The van der Waals surface area contributed by atoms with Crippen molar-refractivity contribution in [2.75, 3.05) is 36.5 Å². The number of para-hydroxylation sites is 1. The third kappa shape index (κ3) is 5.18. The number of hydrogen-bond donors (Lipinski definition) is 0. The zero-order valence-corrected chi connectivity index (χ0v) is 22.2. The van der Waals surface area contributed by atoms with E-state index in [-0.39, 0.29) is 16.9 Å². The van der Waals surface area contributed by atoms with Crippen LogP contribution in [-0.4, -0.2) is 52.7 Å². The highest BCUT2D eigenvalue weighted by molar-refractivity contribution is 7.92. The number of ether oxygens (including phenoxy) is 2. The molecule has 3 aromatic carbocycles. The van der Waals surface area contributed by atoms with Gasteiger partial charge in [-0.25, -0.2) is 13.4 Å². The maximum atomic E-state index is 13.7. The van der Waals surface area contributed by atoms with Crippen molar-refractivity contribution in [3.05, 3.63) is 78.4 Å². The monoisotopic (exact) mass is 537 g/mol. The van der Waals surface area contributed by atoms with Gasteiger partial charge in [0.1, 0.15) is 5.75 Å². The van der Waals surface area contributed by atoms with Gasteiger partial charge in [-0.3, -0.25) is 14.0 Å². The van der Waals surface area contributed by atoms with Crippen molar-refractivity contribution in [3.8, 4) is 5.75 Å². The van der Waals surface area contributed by atoms with Gasteiger partial charge < -0.3 is 9.47 Å². The summed E-state index contributed by atoms with van der Waals surface area (Å²) in [4.78, 5) is 20.1. The predicted octanol–water partition coefficient (Wildman–Crippen LogP) is 4.96. The molecule has 1 amide bonds. The largest absolute Gasteiger partial charge is 0.497 e. The normalized spacial score (nSPS) is 15.6. The quantitative estimate of drug-likeness (QED) is 0.316. The predicted molar refractivity (Wildman–Crippen MR) is 145 cm³/mol. The van der Waals surface area contributed by atoms with E-state index in [1.54, 1.807) is 48.4 Å². The second kappa shape index (κ2) is 10.5. The lowest BCUT2D eigenvalue weighted by molar-refractivity contribution is 0.0917. The molecule has 0 N–H and O–H groups in total. The van der Waals surface area contributed by atoms with Crippen LogP contribution in [0.15, 0.2) is 77.7 Å². The first-order valence-electron chi connectivity index (χ1n) is 11.9. The second-order valence-electron chi connectivity index (χ2n) is 8.71. The first-order valence-corrected chi connectivity index (χ1v) is 14.1. The molecule has 1 saturated heterocycles. The van der Waals surface area contributed by atoms with E-state index < -0.39 is 10.0 Å². The van der Waals surface area contributed by atoms with Crippen molar-refractivity contribution < 1.29 is 22.7 Å². The lowest BCUT2D eigenvalue weighted by Gasteiger charge is -2.23. The van der Waals surface area contributed by atoms with Crippen LogP contribution in [0.3, 0.4) is 0 Å². The number of anilines is 2. The number of thiazole rings is 1. The molecule has 1 fully saturated rings. The van der Waals surface area contributed by atoms with Gasteiger partial charge in [-0.2, -0.15) is 0 Å². The van der Waals surface area contributed by atoms with E-state index >= 15 is 0 Å². The van der Waals surface area contributed by atoms with Crippen LogP contribution in [0, 0.1) is 0 Å². The third-order valence-corrected chi connectivity index (χ3v) is 9.19. The maximum absolute atomic E-state index is 13.7. The van der Waals surface area contributed by atoms with E-state index in [2.05, 4.69) is 0 Å². The highest BCUT2D eigenvalue weighted by Crippen LogP contribution is 2.33. The van der Waals surface area contributed by atoms with Crippen LogP contribution in [0.4, 0.5) is 10.8 Å². The summed E-state index contributed by atoms with van der Waals surface area (Å²) in [6, 6.07) is 20.5. The lowest BCUT2D eigenvalue weighted by Crippen LogP contribution is -2.37. The second-order valence-corrected chi connectivity index (χ2v) is 11.7. The molecule has 0 aliphatic carbocycles. The molecular weight excluding hydrogens is 510 g/mol. The zero-order chi connectivity index (χ0) is 26.0. The Morgan fingerprint density at radius 3 is 2.54 bits per heavy atom. The molecular formula is C27H27N3O5S2. The van der Waals surface area contributed by atoms with E-state index in [0.29, 0.717) is 29.5 Å². The number of nitrogens with zero attached hydrogens (tertiary/aromatic N) is 3. The molecule has 8 nitrogen and oxygen atoms in total. The van der Waals surface area contributed by atoms with Crippen LogP contribution < -0.4 is 13.9 Å². The molecule has 5 rings (SSSR count). The average molecular weight is 538 g/mol. The lowest BCUT2D eigenvalue weighted by atomic mass is 10.2. The van der Waals surface area contributed by atoms with Gasteiger partial charge in [-0.05, 0) is 67.4 Å². The van der Waals surface area contributed by atoms with E-state index in [4.69, 9.17) is 14.5 Å². The number of carbonyl (C=O) groups is 1. The fraction of sp³-hybridized carbons (Fsp3) is 0.259. The molecule has 1 unspecified atom stereocenters. The first-order chi connectivity index (χ1) is 17.9. The van der Waals surface area contributed by atoms with E-state index in [0.717, 1.165) is 28.8 Å². The number of carbonyl (C=O) groups excluding carboxylic acids is 1. The first kappa shape index (κ1) is 25.2. The SMILES string of the molecule is COc1ccc2nc(N(CC3CCCO3)C(=O)c3ccc(S(=O)(=O)N(C)c4ccccc4)cc3)sc2c1. The summed E-state index contributed by atoms with van der Waals surface area (Å²) in [7, 11) is -0.665. The van der Waals surface area contributed by atoms with Gasteiger partial charge >= 0.3 is 0 Å². The topological polar surface area (TPSA) is 89.0 Å². The number of benzene rings is 3. The number of fused-ring (bicyclic) bond motifs is 1. The molecule has 192 valence electrons.